The van der Waals surface area contributed by atoms with E-state index in [2.05, 4.69) is 0 Å². The summed E-state index contributed by atoms with van der Waals surface area (Å²) in [6.07, 6.45) is 0.815. The van der Waals surface area contributed by atoms with Crippen molar-refractivity contribution in [1.82, 2.24) is 9.21 Å². The van der Waals surface area contributed by atoms with E-state index in [0.29, 0.717) is 50.8 Å². The lowest BCUT2D eigenvalue weighted by atomic mass is 10.1. The van der Waals surface area contributed by atoms with Gasteiger partial charge in [-0.2, -0.15) is 4.31 Å². The molecule has 0 spiro atoms. The number of fused-ring (bicyclic) bond motifs is 1. The summed E-state index contributed by atoms with van der Waals surface area (Å²) in [7, 11) is -3.66. The second-order valence-electron chi connectivity index (χ2n) is 8.57. The summed E-state index contributed by atoms with van der Waals surface area (Å²) in [5.74, 6) is -0.135. The average Bonchev–Trinajstić information content (AvgIpc) is 3.44. The maximum atomic E-state index is 13.6. The minimum absolute atomic E-state index is 0.0368. The Morgan fingerprint density at radius 3 is 2.41 bits per heavy atom. The van der Waals surface area contributed by atoms with E-state index in [-0.39, 0.29) is 28.8 Å². The minimum atomic E-state index is -3.66. The Kier molecular flexibility index (Phi) is 6.28. The number of anilines is 1. The van der Waals surface area contributed by atoms with Crippen LogP contribution in [0.5, 0.6) is 5.75 Å². The van der Waals surface area contributed by atoms with Gasteiger partial charge in [0.2, 0.25) is 10.0 Å². The smallest absolute Gasteiger partial charge is 0.265 e. The van der Waals surface area contributed by atoms with E-state index in [9.17, 15) is 18.0 Å². The van der Waals surface area contributed by atoms with Crippen LogP contribution in [0.2, 0.25) is 0 Å². The Bertz CT molecular complexity index is 1190. The van der Waals surface area contributed by atoms with Crippen LogP contribution in [0.1, 0.15) is 23.2 Å². The van der Waals surface area contributed by atoms with Gasteiger partial charge in [-0.25, -0.2) is 8.42 Å². The minimum Gasteiger partial charge on any atom is -0.476 e. The quantitative estimate of drug-likeness (QED) is 0.655. The lowest BCUT2D eigenvalue weighted by Crippen LogP contribution is -2.54. The molecular formula is C24H27N3O6S. The van der Waals surface area contributed by atoms with Gasteiger partial charge in [-0.3, -0.25) is 9.59 Å². The molecule has 3 aliphatic heterocycles. The monoisotopic (exact) mass is 485 g/mol. The third kappa shape index (κ3) is 4.28. The average molecular weight is 486 g/mol. The van der Waals surface area contributed by atoms with Gasteiger partial charge in [0.1, 0.15) is 5.75 Å². The number of rotatable bonds is 4. The number of para-hydroxylation sites is 2. The van der Waals surface area contributed by atoms with E-state index in [4.69, 9.17) is 9.47 Å². The molecule has 34 heavy (non-hydrogen) atoms. The first-order valence-corrected chi connectivity index (χ1v) is 12.9. The molecule has 2 aromatic rings. The Morgan fingerprint density at radius 1 is 0.912 bits per heavy atom. The largest absolute Gasteiger partial charge is 0.476 e. The zero-order chi connectivity index (χ0) is 23.7. The molecule has 0 aromatic heterocycles. The van der Waals surface area contributed by atoms with Crippen LogP contribution in [0.15, 0.2) is 53.4 Å². The van der Waals surface area contributed by atoms with E-state index in [1.54, 1.807) is 41.3 Å². The molecule has 0 bridgehead atoms. The number of ether oxygens (including phenoxy) is 2. The lowest BCUT2D eigenvalue weighted by Gasteiger charge is -2.37. The molecule has 3 aliphatic rings. The number of nitrogens with zero attached hydrogens (tertiary/aromatic N) is 3. The maximum Gasteiger partial charge on any atom is 0.265 e. The topological polar surface area (TPSA) is 96.5 Å². The maximum absolute atomic E-state index is 13.6. The number of sulfonamides is 1. The normalized spacial score (nSPS) is 21.1. The van der Waals surface area contributed by atoms with E-state index >= 15 is 0 Å². The van der Waals surface area contributed by atoms with Crippen LogP contribution in [0, 0.1) is 0 Å². The van der Waals surface area contributed by atoms with Crippen molar-refractivity contribution in [2.24, 2.45) is 0 Å². The number of hydrogen-bond acceptors (Lipinski definition) is 6. The SMILES string of the molecule is O=C(C1CN(C(=O)c2cccc(S(=O)(=O)N3CCCC3)c2)c2ccccc2O1)N1CCOCC1. The van der Waals surface area contributed by atoms with Crippen molar-refractivity contribution < 1.29 is 27.5 Å². The molecule has 180 valence electrons. The molecule has 0 aliphatic carbocycles. The predicted molar refractivity (Wildman–Crippen MR) is 124 cm³/mol. The molecule has 2 fully saturated rings. The molecule has 0 saturated carbocycles. The summed E-state index contributed by atoms with van der Waals surface area (Å²) in [4.78, 5) is 30.0. The third-order valence-electron chi connectivity index (χ3n) is 6.40. The van der Waals surface area contributed by atoms with Crippen LogP contribution in [0.25, 0.3) is 0 Å². The Morgan fingerprint density at radius 2 is 1.65 bits per heavy atom. The first-order valence-electron chi connectivity index (χ1n) is 11.5. The summed E-state index contributed by atoms with van der Waals surface area (Å²) >= 11 is 0. The van der Waals surface area contributed by atoms with Crippen LogP contribution in [-0.4, -0.2) is 81.5 Å². The summed E-state index contributed by atoms with van der Waals surface area (Å²) in [6.45, 7) is 2.90. The molecule has 0 radical (unpaired) electrons. The lowest BCUT2D eigenvalue weighted by molar-refractivity contribution is -0.142. The van der Waals surface area contributed by atoms with E-state index in [1.807, 2.05) is 0 Å². The number of amides is 2. The number of benzene rings is 2. The van der Waals surface area contributed by atoms with E-state index < -0.39 is 16.1 Å². The highest BCUT2D eigenvalue weighted by Gasteiger charge is 2.37. The fourth-order valence-electron chi connectivity index (χ4n) is 4.57. The number of carbonyl (C=O) groups excluding carboxylic acids is 2. The second-order valence-corrected chi connectivity index (χ2v) is 10.5. The standard InChI is InChI=1S/C24H27N3O6S/c28-23(18-6-5-7-19(16-18)34(30,31)26-10-3-4-11-26)27-17-22(24(29)25-12-14-32-15-13-25)33-21-9-2-1-8-20(21)27/h1-2,5-9,16,22H,3-4,10-15,17H2. The zero-order valence-electron chi connectivity index (χ0n) is 18.8. The summed E-state index contributed by atoms with van der Waals surface area (Å²) in [6, 6.07) is 13.2. The Labute approximate surface area is 198 Å². The number of hydrogen-bond donors (Lipinski definition) is 0. The van der Waals surface area contributed by atoms with Crippen LogP contribution in [0.4, 0.5) is 5.69 Å². The Hall–Kier alpha value is -2.95. The van der Waals surface area contributed by atoms with Crippen LogP contribution in [-0.2, 0) is 19.6 Å². The number of morpholine rings is 1. The van der Waals surface area contributed by atoms with Gasteiger partial charge in [0.25, 0.3) is 11.8 Å². The van der Waals surface area contributed by atoms with E-state index in [0.717, 1.165) is 12.8 Å². The van der Waals surface area contributed by atoms with Crippen LogP contribution in [0.3, 0.4) is 0 Å². The molecule has 9 nitrogen and oxygen atoms in total. The second kappa shape index (κ2) is 9.36. The molecule has 2 saturated heterocycles. The first-order chi connectivity index (χ1) is 16.4. The van der Waals surface area contributed by atoms with E-state index in [1.165, 1.54) is 21.3 Å². The van der Waals surface area contributed by atoms with Gasteiger partial charge >= 0.3 is 0 Å². The van der Waals surface area contributed by atoms with Crippen LogP contribution >= 0.6 is 0 Å². The van der Waals surface area contributed by atoms with Gasteiger partial charge in [-0.1, -0.05) is 18.2 Å². The Balaban J connectivity index is 1.44. The highest BCUT2D eigenvalue weighted by molar-refractivity contribution is 7.89. The first kappa shape index (κ1) is 22.8. The zero-order valence-corrected chi connectivity index (χ0v) is 19.6. The third-order valence-corrected chi connectivity index (χ3v) is 8.30. The van der Waals surface area contributed by atoms with Gasteiger partial charge < -0.3 is 19.3 Å². The van der Waals surface area contributed by atoms with Gasteiger partial charge in [0.15, 0.2) is 6.10 Å². The van der Waals surface area contributed by atoms with Crippen molar-refractivity contribution in [2.45, 2.75) is 23.8 Å². The van der Waals surface area contributed by atoms with Crippen molar-refractivity contribution in [1.29, 1.82) is 0 Å². The van der Waals surface area contributed by atoms with Crippen molar-refractivity contribution in [3.05, 3.63) is 54.1 Å². The highest BCUT2D eigenvalue weighted by atomic mass is 32.2. The van der Waals surface area contributed by atoms with Crippen molar-refractivity contribution in [2.75, 3.05) is 50.8 Å². The summed E-state index contributed by atoms with van der Waals surface area (Å²) in [5, 5.41) is 0. The van der Waals surface area contributed by atoms with Crippen molar-refractivity contribution >= 4 is 27.5 Å². The van der Waals surface area contributed by atoms with Crippen molar-refractivity contribution in [3.8, 4) is 5.75 Å². The summed E-state index contributed by atoms with van der Waals surface area (Å²) in [5.41, 5.74) is 0.792. The fourth-order valence-corrected chi connectivity index (χ4v) is 6.13. The molecular weight excluding hydrogens is 458 g/mol. The molecule has 1 atom stereocenters. The van der Waals surface area contributed by atoms with Gasteiger partial charge in [-0.15, -0.1) is 0 Å². The molecule has 2 aromatic carbocycles. The number of carbonyl (C=O) groups is 2. The van der Waals surface area contributed by atoms with Gasteiger partial charge in [0.05, 0.1) is 30.3 Å². The van der Waals surface area contributed by atoms with Gasteiger partial charge in [0, 0.05) is 31.7 Å². The summed E-state index contributed by atoms with van der Waals surface area (Å²) < 4.78 is 38.8. The molecule has 3 heterocycles. The molecule has 10 heteroatoms. The fraction of sp³-hybridized carbons (Fsp3) is 0.417. The van der Waals surface area contributed by atoms with Crippen molar-refractivity contribution in [3.63, 3.8) is 0 Å². The van der Waals surface area contributed by atoms with Gasteiger partial charge in [-0.05, 0) is 43.2 Å². The molecule has 0 N–H and O–H groups in total. The molecule has 2 amide bonds. The predicted octanol–water partition coefficient (Wildman–Crippen LogP) is 1.74. The molecule has 1 unspecified atom stereocenters. The molecule has 5 rings (SSSR count). The highest BCUT2D eigenvalue weighted by Crippen LogP contribution is 2.35. The van der Waals surface area contributed by atoms with Crippen LogP contribution < -0.4 is 9.64 Å².